The summed E-state index contributed by atoms with van der Waals surface area (Å²) in [6.45, 7) is 21.6. The molecular weight excluding hydrogens is 582 g/mol. The standard InChI is InChI=1S/C42H77NO4/c1-30-15-11-10-12-16-31(2)27-32(3)17-13-18-33(4)28-34(5)21-25-39(42(7,8)9)47-41(45)37-19-14-26-43(37)40(44)29-38-35(6)22-24-36(46-38)23-20-30/h30-39H,10-29H2,1-9H3/t30?,31-,32+,33?,34+,35-,36-,37?,38?,39?/m1/s1. The van der Waals surface area contributed by atoms with Crippen molar-refractivity contribution in [1.82, 2.24) is 4.90 Å². The van der Waals surface area contributed by atoms with Crippen LogP contribution >= 0.6 is 0 Å². The Hall–Kier alpha value is -1.10. The molecule has 5 unspecified atom stereocenters. The van der Waals surface area contributed by atoms with Gasteiger partial charge >= 0.3 is 5.97 Å². The first-order valence-electron chi connectivity index (χ1n) is 20.4. The van der Waals surface area contributed by atoms with Crippen LogP contribution < -0.4 is 0 Å². The maximum atomic E-state index is 13.7. The van der Waals surface area contributed by atoms with Gasteiger partial charge in [0.25, 0.3) is 0 Å². The lowest BCUT2D eigenvalue weighted by atomic mass is 9.82. The van der Waals surface area contributed by atoms with Gasteiger partial charge in [0, 0.05) is 6.54 Å². The summed E-state index contributed by atoms with van der Waals surface area (Å²) in [6, 6.07) is -0.457. The fourth-order valence-corrected chi connectivity index (χ4v) is 8.91. The van der Waals surface area contributed by atoms with E-state index in [1.807, 2.05) is 4.90 Å². The number of ether oxygens (including phenoxy) is 2. The van der Waals surface area contributed by atoms with E-state index in [4.69, 9.17) is 9.47 Å². The molecule has 0 aromatic rings. The van der Waals surface area contributed by atoms with E-state index in [0.717, 1.165) is 62.2 Å². The lowest BCUT2D eigenvalue weighted by Crippen LogP contribution is -2.46. The van der Waals surface area contributed by atoms with Crippen molar-refractivity contribution in [3.8, 4) is 0 Å². The second kappa shape index (κ2) is 19.9. The number of carbonyl (C=O) groups is 2. The number of nitrogens with zero attached hydrogens (tertiary/aromatic N) is 1. The average Bonchev–Trinajstić information content (AvgIpc) is 3.49. The van der Waals surface area contributed by atoms with Crippen molar-refractivity contribution in [3.05, 3.63) is 0 Å². The summed E-state index contributed by atoms with van der Waals surface area (Å²) in [5.74, 6) is 3.96. The van der Waals surface area contributed by atoms with Gasteiger partial charge in [-0.05, 0) is 105 Å². The number of hydrogen-bond donors (Lipinski definition) is 0. The number of fused-ring (bicyclic) bond motifs is 3. The quantitative estimate of drug-likeness (QED) is 0.243. The van der Waals surface area contributed by atoms with Gasteiger partial charge in [-0.15, -0.1) is 0 Å². The number of rotatable bonds is 0. The Bertz CT molecular complexity index is 913. The topological polar surface area (TPSA) is 55.8 Å². The van der Waals surface area contributed by atoms with Crippen molar-refractivity contribution in [2.24, 2.45) is 40.9 Å². The monoisotopic (exact) mass is 660 g/mol. The smallest absolute Gasteiger partial charge is 0.329 e. The number of cyclic esters (lactones) is 1. The molecule has 0 N–H and O–H groups in total. The van der Waals surface area contributed by atoms with Crippen LogP contribution in [0.25, 0.3) is 0 Å². The van der Waals surface area contributed by atoms with Crippen LogP contribution in [0.1, 0.15) is 184 Å². The highest BCUT2D eigenvalue weighted by molar-refractivity contribution is 5.85. The van der Waals surface area contributed by atoms with E-state index in [0.29, 0.717) is 31.2 Å². The number of amides is 1. The fourth-order valence-electron chi connectivity index (χ4n) is 8.91. The van der Waals surface area contributed by atoms with E-state index in [9.17, 15) is 9.59 Å². The van der Waals surface area contributed by atoms with Gasteiger partial charge in [0.1, 0.15) is 12.1 Å². The van der Waals surface area contributed by atoms with Crippen LogP contribution in [0.3, 0.4) is 0 Å². The molecule has 0 aromatic carbocycles. The molecule has 3 heterocycles. The summed E-state index contributed by atoms with van der Waals surface area (Å²) in [6.07, 6.45) is 21.9. The van der Waals surface area contributed by atoms with Crippen LogP contribution in [-0.4, -0.2) is 47.7 Å². The van der Waals surface area contributed by atoms with Gasteiger partial charge in [-0.3, -0.25) is 4.79 Å². The Kier molecular flexibility index (Phi) is 17.1. The summed E-state index contributed by atoms with van der Waals surface area (Å²) in [5.41, 5.74) is -0.140. The first kappa shape index (κ1) is 40.3. The van der Waals surface area contributed by atoms with Crippen LogP contribution in [0, 0.1) is 40.9 Å². The van der Waals surface area contributed by atoms with Gasteiger partial charge in [-0.1, -0.05) is 114 Å². The molecule has 3 fully saturated rings. The Balaban J connectivity index is 1.65. The van der Waals surface area contributed by atoms with E-state index in [2.05, 4.69) is 62.3 Å². The summed E-state index contributed by atoms with van der Waals surface area (Å²) in [5, 5.41) is 0. The second-order valence-electron chi connectivity index (χ2n) is 18.3. The highest BCUT2D eigenvalue weighted by Crippen LogP contribution is 2.34. The minimum Gasteiger partial charge on any atom is -0.460 e. The zero-order valence-electron chi connectivity index (χ0n) is 32.5. The van der Waals surface area contributed by atoms with Crippen LogP contribution in [-0.2, 0) is 19.1 Å². The molecule has 1 amide bonds. The van der Waals surface area contributed by atoms with Gasteiger partial charge in [-0.2, -0.15) is 0 Å². The van der Waals surface area contributed by atoms with E-state index in [1.165, 1.54) is 70.6 Å². The summed E-state index contributed by atoms with van der Waals surface area (Å²) < 4.78 is 12.9. The lowest BCUT2D eigenvalue weighted by molar-refractivity contribution is -0.165. The Morgan fingerprint density at radius 2 is 1.15 bits per heavy atom. The number of carbonyl (C=O) groups excluding carboxylic acids is 2. The molecule has 0 radical (unpaired) electrons. The molecule has 3 saturated heterocycles. The van der Waals surface area contributed by atoms with E-state index >= 15 is 0 Å². The van der Waals surface area contributed by atoms with Gasteiger partial charge in [0.2, 0.25) is 5.91 Å². The van der Waals surface area contributed by atoms with Crippen molar-refractivity contribution in [2.45, 2.75) is 209 Å². The van der Waals surface area contributed by atoms with E-state index in [1.54, 1.807) is 0 Å². The van der Waals surface area contributed by atoms with Gasteiger partial charge < -0.3 is 14.4 Å². The zero-order chi connectivity index (χ0) is 34.6. The van der Waals surface area contributed by atoms with Gasteiger partial charge in [-0.25, -0.2) is 4.79 Å². The second-order valence-corrected chi connectivity index (χ2v) is 18.3. The number of hydrogen-bond acceptors (Lipinski definition) is 4. The van der Waals surface area contributed by atoms with Gasteiger partial charge in [0.05, 0.1) is 18.6 Å². The predicted molar refractivity (Wildman–Crippen MR) is 196 cm³/mol. The largest absolute Gasteiger partial charge is 0.460 e. The molecule has 0 aromatic heterocycles. The Labute approximate surface area is 291 Å². The molecule has 5 heteroatoms. The minimum atomic E-state index is -0.457. The van der Waals surface area contributed by atoms with Crippen molar-refractivity contribution >= 4 is 11.9 Å². The molecular formula is C42H77NO4. The first-order valence-corrected chi connectivity index (χ1v) is 20.4. The van der Waals surface area contributed by atoms with Gasteiger partial charge in [0.15, 0.2) is 0 Å². The Morgan fingerprint density at radius 3 is 1.79 bits per heavy atom. The fraction of sp³-hybridized carbons (Fsp3) is 0.952. The van der Waals surface area contributed by atoms with Crippen molar-refractivity contribution in [3.63, 3.8) is 0 Å². The third-order valence-corrected chi connectivity index (χ3v) is 12.2. The maximum Gasteiger partial charge on any atom is 0.329 e. The van der Waals surface area contributed by atoms with E-state index < -0.39 is 6.04 Å². The minimum absolute atomic E-state index is 0.0548. The molecule has 3 aliphatic rings. The molecule has 3 rings (SSSR count). The molecule has 0 aliphatic carbocycles. The van der Waals surface area contributed by atoms with Crippen LogP contribution in [0.2, 0.25) is 0 Å². The highest BCUT2D eigenvalue weighted by Gasteiger charge is 2.40. The van der Waals surface area contributed by atoms with Crippen LogP contribution in [0.15, 0.2) is 0 Å². The predicted octanol–water partition coefficient (Wildman–Crippen LogP) is 11.2. The molecule has 0 saturated carbocycles. The molecule has 47 heavy (non-hydrogen) atoms. The van der Waals surface area contributed by atoms with E-state index in [-0.39, 0.29) is 35.6 Å². The molecule has 2 bridgehead atoms. The normalized spacial score (nSPS) is 38.0. The third-order valence-electron chi connectivity index (χ3n) is 12.2. The lowest BCUT2D eigenvalue weighted by Gasteiger charge is -2.37. The van der Waals surface area contributed by atoms with Crippen LogP contribution in [0.4, 0.5) is 0 Å². The highest BCUT2D eigenvalue weighted by atomic mass is 16.5. The van der Waals surface area contributed by atoms with Crippen molar-refractivity contribution in [2.75, 3.05) is 6.54 Å². The summed E-state index contributed by atoms with van der Waals surface area (Å²) in [7, 11) is 0. The van der Waals surface area contributed by atoms with Crippen LogP contribution in [0.5, 0.6) is 0 Å². The van der Waals surface area contributed by atoms with Crippen molar-refractivity contribution < 1.29 is 19.1 Å². The molecule has 5 nitrogen and oxygen atoms in total. The average molecular weight is 660 g/mol. The molecule has 274 valence electrons. The zero-order valence-corrected chi connectivity index (χ0v) is 32.5. The third kappa shape index (κ3) is 14.3. The summed E-state index contributed by atoms with van der Waals surface area (Å²) in [4.78, 5) is 29.2. The first-order chi connectivity index (χ1) is 22.2. The summed E-state index contributed by atoms with van der Waals surface area (Å²) >= 11 is 0. The maximum absolute atomic E-state index is 13.7. The Morgan fingerprint density at radius 1 is 0.596 bits per heavy atom. The number of esters is 1. The van der Waals surface area contributed by atoms with Crippen molar-refractivity contribution in [1.29, 1.82) is 0 Å². The SMILES string of the molecule is CC1CCCCC[C@@H](C)C[C@@H](C)CCCC(C)C[C@@H](C)CCC(C(C)(C)C)OC(=O)C2CCCN2C(=O)CC2O[C@H](CC1)CC[C@H]2C. The molecule has 3 aliphatic heterocycles. The molecule has 10 atom stereocenters. The molecule has 0 spiro atoms.